The zero-order chi connectivity index (χ0) is 14.6. The number of nitrogens with zero attached hydrogens (tertiary/aromatic N) is 1. The van der Waals surface area contributed by atoms with Gasteiger partial charge in [0.15, 0.2) is 0 Å². The number of amides is 1. The van der Waals surface area contributed by atoms with Gasteiger partial charge in [-0.25, -0.2) is 0 Å². The number of aliphatic carboxylic acids is 1. The Balaban J connectivity index is 2.44. The van der Waals surface area contributed by atoms with Crippen molar-refractivity contribution >= 4 is 11.9 Å². The average Bonchev–Trinajstić information content (AvgIpc) is 3.13. The first kappa shape index (κ1) is 16.0. The summed E-state index contributed by atoms with van der Waals surface area (Å²) in [5.74, 6) is -1.20. The van der Waals surface area contributed by atoms with E-state index in [9.17, 15) is 9.59 Å². The molecule has 0 aromatic carbocycles. The molecule has 1 fully saturated rings. The second-order valence-electron chi connectivity index (χ2n) is 5.64. The molecule has 0 heterocycles. The summed E-state index contributed by atoms with van der Waals surface area (Å²) < 4.78 is 0. The highest BCUT2D eigenvalue weighted by atomic mass is 16.4. The third-order valence-corrected chi connectivity index (χ3v) is 4.19. The number of hydrogen-bond acceptors (Lipinski definition) is 3. The summed E-state index contributed by atoms with van der Waals surface area (Å²) in [5, 5.41) is 11.7. The van der Waals surface area contributed by atoms with Gasteiger partial charge in [-0.05, 0) is 26.4 Å². The lowest BCUT2D eigenvalue weighted by Crippen LogP contribution is -2.45. The van der Waals surface area contributed by atoms with Crippen LogP contribution in [0.3, 0.4) is 0 Å². The maximum atomic E-state index is 11.9. The third-order valence-electron chi connectivity index (χ3n) is 4.19. The van der Waals surface area contributed by atoms with Crippen LogP contribution >= 0.6 is 0 Å². The fourth-order valence-corrected chi connectivity index (χ4v) is 2.70. The summed E-state index contributed by atoms with van der Waals surface area (Å²) in [7, 11) is 4.04. The number of carboxylic acids is 1. The van der Waals surface area contributed by atoms with Gasteiger partial charge in [-0.3, -0.25) is 9.59 Å². The van der Waals surface area contributed by atoms with Crippen LogP contribution in [0.5, 0.6) is 0 Å². The molecule has 5 nitrogen and oxygen atoms in total. The molecule has 0 spiro atoms. The molecule has 5 heteroatoms. The average molecular weight is 270 g/mol. The minimum atomic E-state index is -0.857. The largest absolute Gasteiger partial charge is 0.481 e. The Kier molecular flexibility index (Phi) is 5.79. The van der Waals surface area contributed by atoms with E-state index in [0.29, 0.717) is 24.9 Å². The van der Waals surface area contributed by atoms with Crippen molar-refractivity contribution in [1.29, 1.82) is 0 Å². The molecular formula is C14H26N2O3. The molecule has 0 saturated heterocycles. The van der Waals surface area contributed by atoms with Crippen LogP contribution in [-0.2, 0) is 9.59 Å². The maximum absolute atomic E-state index is 11.9. The molecule has 1 rings (SSSR count). The zero-order valence-electron chi connectivity index (χ0n) is 12.3. The van der Waals surface area contributed by atoms with Crippen molar-refractivity contribution < 1.29 is 14.7 Å². The molecule has 1 aliphatic rings. The van der Waals surface area contributed by atoms with E-state index < -0.39 is 11.9 Å². The second kappa shape index (κ2) is 6.89. The van der Waals surface area contributed by atoms with E-state index in [2.05, 4.69) is 24.1 Å². The number of nitrogens with one attached hydrogen (secondary N) is 1. The Hall–Kier alpha value is -1.10. The fourth-order valence-electron chi connectivity index (χ4n) is 2.70. The van der Waals surface area contributed by atoms with Crippen LogP contribution in [0.2, 0.25) is 0 Å². The maximum Gasteiger partial charge on any atom is 0.307 e. The zero-order valence-corrected chi connectivity index (χ0v) is 12.3. The van der Waals surface area contributed by atoms with E-state index in [4.69, 9.17) is 5.11 Å². The van der Waals surface area contributed by atoms with Crippen molar-refractivity contribution in [3.05, 3.63) is 0 Å². The number of carbonyl (C=O) groups excluding carboxylic acids is 1. The minimum absolute atomic E-state index is 0.106. The second-order valence-corrected chi connectivity index (χ2v) is 5.64. The molecule has 110 valence electrons. The summed E-state index contributed by atoms with van der Waals surface area (Å²) in [5.41, 5.74) is 0. The van der Waals surface area contributed by atoms with Crippen molar-refractivity contribution in [2.45, 2.75) is 39.2 Å². The number of carbonyl (C=O) groups is 2. The topological polar surface area (TPSA) is 69.6 Å². The van der Waals surface area contributed by atoms with E-state index in [1.165, 1.54) is 0 Å². The number of carboxylic acid groups (broad SMARTS) is 1. The first-order chi connectivity index (χ1) is 8.92. The van der Waals surface area contributed by atoms with Gasteiger partial charge in [-0.2, -0.15) is 0 Å². The van der Waals surface area contributed by atoms with Crippen molar-refractivity contribution in [1.82, 2.24) is 10.2 Å². The summed E-state index contributed by atoms with van der Waals surface area (Å²) in [6.45, 7) is 4.92. The van der Waals surface area contributed by atoms with Gasteiger partial charge in [-0.15, -0.1) is 0 Å². The molecule has 1 aliphatic carbocycles. The van der Waals surface area contributed by atoms with Gasteiger partial charge in [0.25, 0.3) is 0 Å². The Morgan fingerprint density at radius 2 is 1.84 bits per heavy atom. The van der Waals surface area contributed by atoms with Gasteiger partial charge >= 0.3 is 5.97 Å². The van der Waals surface area contributed by atoms with E-state index in [-0.39, 0.29) is 11.8 Å². The fraction of sp³-hybridized carbons (Fsp3) is 0.857. The minimum Gasteiger partial charge on any atom is -0.481 e. The van der Waals surface area contributed by atoms with Gasteiger partial charge in [0, 0.05) is 12.6 Å². The molecule has 1 saturated carbocycles. The normalized spacial score (nSPS) is 23.5. The van der Waals surface area contributed by atoms with Gasteiger partial charge in [0.2, 0.25) is 5.91 Å². The molecule has 19 heavy (non-hydrogen) atoms. The smallest absolute Gasteiger partial charge is 0.307 e. The van der Waals surface area contributed by atoms with Crippen LogP contribution in [0, 0.1) is 17.8 Å². The number of likely N-dealkylation sites (N-methyl/N-ethyl adjacent to an activating group) is 1. The van der Waals surface area contributed by atoms with Crippen LogP contribution in [0.4, 0.5) is 0 Å². The molecular weight excluding hydrogens is 244 g/mol. The van der Waals surface area contributed by atoms with E-state index in [1.54, 1.807) is 0 Å². The SMILES string of the molecule is CCC(CC)C(CNC(=O)C1CC1C(=O)O)N(C)C. The van der Waals surface area contributed by atoms with Crippen LogP contribution in [0.15, 0.2) is 0 Å². The van der Waals surface area contributed by atoms with Crippen molar-refractivity contribution in [2.24, 2.45) is 17.8 Å². The molecule has 0 aliphatic heterocycles. The molecule has 3 atom stereocenters. The van der Waals surface area contributed by atoms with Crippen LogP contribution in [0.25, 0.3) is 0 Å². The highest BCUT2D eigenvalue weighted by molar-refractivity contribution is 5.89. The Labute approximate surface area is 115 Å². The standard InChI is InChI=1S/C14H26N2O3/c1-5-9(6-2)12(16(3)4)8-15-13(17)10-7-11(10)14(18)19/h9-12H,5-8H2,1-4H3,(H,15,17)(H,18,19). The molecule has 0 aromatic rings. The first-order valence-corrected chi connectivity index (χ1v) is 7.09. The van der Waals surface area contributed by atoms with Crippen molar-refractivity contribution in [3.63, 3.8) is 0 Å². The van der Waals surface area contributed by atoms with Crippen LogP contribution < -0.4 is 5.32 Å². The highest BCUT2D eigenvalue weighted by Gasteiger charge is 2.48. The summed E-state index contributed by atoms with van der Waals surface area (Å²) in [6.07, 6.45) is 2.64. The van der Waals surface area contributed by atoms with Gasteiger partial charge in [-0.1, -0.05) is 26.7 Å². The number of rotatable bonds is 8. The van der Waals surface area contributed by atoms with E-state index in [1.807, 2.05) is 14.1 Å². The molecule has 1 amide bonds. The Morgan fingerprint density at radius 3 is 2.21 bits per heavy atom. The number of hydrogen-bond donors (Lipinski definition) is 2. The summed E-state index contributed by atoms with van der Waals surface area (Å²) in [6, 6.07) is 0.306. The Bertz CT molecular complexity index is 327. The first-order valence-electron chi connectivity index (χ1n) is 7.09. The summed E-state index contributed by atoms with van der Waals surface area (Å²) in [4.78, 5) is 24.7. The summed E-state index contributed by atoms with van der Waals surface area (Å²) >= 11 is 0. The predicted octanol–water partition coefficient (Wildman–Crippen LogP) is 1.19. The molecule has 0 aromatic heterocycles. The van der Waals surface area contributed by atoms with Gasteiger partial charge in [0.1, 0.15) is 0 Å². The van der Waals surface area contributed by atoms with E-state index >= 15 is 0 Å². The Morgan fingerprint density at radius 1 is 1.26 bits per heavy atom. The van der Waals surface area contributed by atoms with Crippen LogP contribution in [0.1, 0.15) is 33.1 Å². The quantitative estimate of drug-likeness (QED) is 0.695. The van der Waals surface area contributed by atoms with E-state index in [0.717, 1.165) is 12.8 Å². The molecule has 2 N–H and O–H groups in total. The van der Waals surface area contributed by atoms with Gasteiger partial charge < -0.3 is 15.3 Å². The lowest BCUT2D eigenvalue weighted by atomic mass is 9.93. The lowest BCUT2D eigenvalue weighted by Gasteiger charge is -2.31. The predicted molar refractivity (Wildman–Crippen MR) is 73.8 cm³/mol. The van der Waals surface area contributed by atoms with Gasteiger partial charge in [0.05, 0.1) is 11.8 Å². The molecule has 3 unspecified atom stereocenters. The van der Waals surface area contributed by atoms with Crippen molar-refractivity contribution in [2.75, 3.05) is 20.6 Å². The molecule has 0 radical (unpaired) electrons. The van der Waals surface area contributed by atoms with Crippen LogP contribution in [-0.4, -0.2) is 48.6 Å². The lowest BCUT2D eigenvalue weighted by molar-refractivity contribution is -0.140. The highest BCUT2D eigenvalue weighted by Crippen LogP contribution is 2.38. The third kappa shape index (κ3) is 4.20. The van der Waals surface area contributed by atoms with Crippen molar-refractivity contribution in [3.8, 4) is 0 Å². The molecule has 0 bridgehead atoms. The monoisotopic (exact) mass is 270 g/mol.